The number of hydrogen-bond donors (Lipinski definition) is 1. The monoisotopic (exact) mass is 274 g/mol. The predicted molar refractivity (Wildman–Crippen MR) is 67.3 cm³/mol. The van der Waals surface area contributed by atoms with Gasteiger partial charge in [-0.2, -0.15) is 4.31 Å². The lowest BCUT2D eigenvalue weighted by Crippen LogP contribution is -2.39. The van der Waals surface area contributed by atoms with E-state index in [1.807, 2.05) is 6.92 Å². The van der Waals surface area contributed by atoms with E-state index in [9.17, 15) is 13.2 Å². The third kappa shape index (κ3) is 4.89. The standard InChI is InChI=1S/C11H18N2O4S/c1-3-6-12-11(14)9-13(18(2,15)16)8-10-5-4-7-17-10/h4-5,7H,3,6,8-9H2,1-2H3,(H,12,14). The van der Waals surface area contributed by atoms with Crippen molar-refractivity contribution in [2.75, 3.05) is 19.3 Å². The molecular weight excluding hydrogens is 256 g/mol. The Morgan fingerprint density at radius 3 is 2.72 bits per heavy atom. The molecule has 1 N–H and O–H groups in total. The first-order chi connectivity index (χ1) is 8.43. The minimum Gasteiger partial charge on any atom is -0.468 e. The van der Waals surface area contributed by atoms with Gasteiger partial charge in [0, 0.05) is 6.54 Å². The Kier molecular flexibility index (Phi) is 5.36. The molecule has 0 aliphatic carbocycles. The van der Waals surface area contributed by atoms with Crippen LogP contribution in [0.2, 0.25) is 0 Å². The van der Waals surface area contributed by atoms with Gasteiger partial charge < -0.3 is 9.73 Å². The maximum absolute atomic E-state index is 11.6. The Bertz CT molecular complexity index is 467. The molecule has 0 spiro atoms. The second kappa shape index (κ2) is 6.55. The molecule has 6 nitrogen and oxygen atoms in total. The van der Waals surface area contributed by atoms with Crippen molar-refractivity contribution in [3.63, 3.8) is 0 Å². The van der Waals surface area contributed by atoms with Crippen LogP contribution in [-0.4, -0.2) is 38.0 Å². The molecule has 1 amide bonds. The van der Waals surface area contributed by atoms with E-state index in [4.69, 9.17) is 4.42 Å². The molecule has 1 aromatic rings. The third-order valence-electron chi connectivity index (χ3n) is 2.27. The third-order valence-corrected chi connectivity index (χ3v) is 3.47. The molecule has 0 bridgehead atoms. The minimum absolute atomic E-state index is 0.0609. The summed E-state index contributed by atoms with van der Waals surface area (Å²) in [6, 6.07) is 3.34. The van der Waals surface area contributed by atoms with Crippen LogP contribution < -0.4 is 5.32 Å². The fourth-order valence-corrected chi connectivity index (χ4v) is 2.06. The molecule has 0 radical (unpaired) electrons. The molecule has 102 valence electrons. The van der Waals surface area contributed by atoms with Gasteiger partial charge in [0.2, 0.25) is 15.9 Å². The molecule has 1 rings (SSSR count). The van der Waals surface area contributed by atoms with Crippen LogP contribution in [0.3, 0.4) is 0 Å². The Hall–Kier alpha value is -1.34. The maximum atomic E-state index is 11.6. The zero-order chi connectivity index (χ0) is 13.6. The molecule has 7 heteroatoms. The van der Waals surface area contributed by atoms with Crippen LogP contribution in [0.25, 0.3) is 0 Å². The summed E-state index contributed by atoms with van der Waals surface area (Å²) in [4.78, 5) is 11.5. The van der Waals surface area contributed by atoms with Crippen molar-refractivity contribution in [2.45, 2.75) is 19.9 Å². The highest BCUT2D eigenvalue weighted by Gasteiger charge is 2.21. The van der Waals surface area contributed by atoms with Crippen LogP contribution in [0, 0.1) is 0 Å². The van der Waals surface area contributed by atoms with Gasteiger partial charge in [-0.15, -0.1) is 0 Å². The van der Waals surface area contributed by atoms with E-state index < -0.39 is 10.0 Å². The Balaban J connectivity index is 2.65. The number of carbonyl (C=O) groups is 1. The highest BCUT2D eigenvalue weighted by Crippen LogP contribution is 2.08. The fourth-order valence-electron chi connectivity index (χ4n) is 1.35. The number of hydrogen-bond acceptors (Lipinski definition) is 4. The maximum Gasteiger partial charge on any atom is 0.235 e. The quantitative estimate of drug-likeness (QED) is 0.788. The summed E-state index contributed by atoms with van der Waals surface area (Å²) in [6.45, 7) is 2.33. The lowest BCUT2D eigenvalue weighted by atomic mass is 10.4. The van der Waals surface area contributed by atoms with Gasteiger partial charge in [0.1, 0.15) is 5.76 Å². The van der Waals surface area contributed by atoms with E-state index in [1.165, 1.54) is 6.26 Å². The van der Waals surface area contributed by atoms with Gasteiger partial charge in [0.25, 0.3) is 0 Å². The SMILES string of the molecule is CCCNC(=O)CN(Cc1ccco1)S(C)(=O)=O. The molecular formula is C11H18N2O4S. The Labute approximate surface area is 107 Å². The van der Waals surface area contributed by atoms with Crippen LogP contribution in [0.4, 0.5) is 0 Å². The van der Waals surface area contributed by atoms with Gasteiger partial charge in [-0.3, -0.25) is 4.79 Å². The van der Waals surface area contributed by atoms with Gasteiger partial charge in [-0.1, -0.05) is 6.92 Å². The van der Waals surface area contributed by atoms with Crippen LogP contribution in [0.15, 0.2) is 22.8 Å². The molecule has 0 atom stereocenters. The number of nitrogens with zero attached hydrogens (tertiary/aromatic N) is 1. The Morgan fingerprint density at radius 2 is 2.22 bits per heavy atom. The summed E-state index contributed by atoms with van der Waals surface area (Å²) >= 11 is 0. The predicted octanol–water partition coefficient (Wildman–Crippen LogP) is 0.567. The van der Waals surface area contributed by atoms with Crippen molar-refractivity contribution >= 4 is 15.9 Å². The minimum atomic E-state index is -3.45. The van der Waals surface area contributed by atoms with Crippen LogP contribution in [0.1, 0.15) is 19.1 Å². The van der Waals surface area contributed by atoms with Gasteiger partial charge in [-0.25, -0.2) is 8.42 Å². The van der Waals surface area contributed by atoms with Crippen molar-refractivity contribution < 1.29 is 17.6 Å². The molecule has 1 aromatic heterocycles. The summed E-state index contributed by atoms with van der Waals surface area (Å²) in [5.74, 6) is 0.192. The highest BCUT2D eigenvalue weighted by atomic mass is 32.2. The van der Waals surface area contributed by atoms with Gasteiger partial charge in [0.15, 0.2) is 0 Å². The summed E-state index contributed by atoms with van der Waals surface area (Å²) in [6.07, 6.45) is 3.35. The average molecular weight is 274 g/mol. The summed E-state index contributed by atoms with van der Waals surface area (Å²) in [5, 5.41) is 2.64. The smallest absolute Gasteiger partial charge is 0.235 e. The van der Waals surface area contributed by atoms with Crippen molar-refractivity contribution in [1.82, 2.24) is 9.62 Å². The summed E-state index contributed by atoms with van der Waals surface area (Å²) in [7, 11) is -3.45. The van der Waals surface area contributed by atoms with Gasteiger partial charge >= 0.3 is 0 Å². The second-order valence-corrected chi connectivity index (χ2v) is 5.94. The molecule has 1 heterocycles. The normalized spacial score (nSPS) is 11.7. The van der Waals surface area contributed by atoms with Crippen LogP contribution in [0.5, 0.6) is 0 Å². The van der Waals surface area contributed by atoms with E-state index in [0.717, 1.165) is 17.0 Å². The first-order valence-electron chi connectivity index (χ1n) is 5.67. The zero-order valence-corrected chi connectivity index (χ0v) is 11.4. The second-order valence-electron chi connectivity index (χ2n) is 3.96. The zero-order valence-electron chi connectivity index (χ0n) is 10.5. The number of sulfonamides is 1. The van der Waals surface area contributed by atoms with Crippen molar-refractivity contribution in [2.24, 2.45) is 0 Å². The van der Waals surface area contributed by atoms with E-state index in [-0.39, 0.29) is 19.0 Å². The largest absolute Gasteiger partial charge is 0.468 e. The topological polar surface area (TPSA) is 79.6 Å². The number of carbonyl (C=O) groups excluding carboxylic acids is 1. The average Bonchev–Trinajstić information content (AvgIpc) is 2.77. The summed E-state index contributed by atoms with van der Waals surface area (Å²) < 4.78 is 29.3. The summed E-state index contributed by atoms with van der Waals surface area (Å²) in [5.41, 5.74) is 0. The first-order valence-corrected chi connectivity index (χ1v) is 7.52. The highest BCUT2D eigenvalue weighted by molar-refractivity contribution is 7.88. The molecule has 0 unspecified atom stereocenters. The molecule has 0 aliphatic rings. The van der Waals surface area contributed by atoms with Gasteiger partial charge in [0.05, 0.1) is 25.6 Å². The number of furan rings is 1. The lowest BCUT2D eigenvalue weighted by Gasteiger charge is -2.18. The lowest BCUT2D eigenvalue weighted by molar-refractivity contribution is -0.121. The van der Waals surface area contributed by atoms with E-state index in [0.29, 0.717) is 12.3 Å². The van der Waals surface area contributed by atoms with Crippen molar-refractivity contribution in [3.05, 3.63) is 24.2 Å². The fraction of sp³-hybridized carbons (Fsp3) is 0.545. The first kappa shape index (κ1) is 14.7. The van der Waals surface area contributed by atoms with Crippen molar-refractivity contribution in [3.8, 4) is 0 Å². The number of amides is 1. The van der Waals surface area contributed by atoms with E-state index in [1.54, 1.807) is 12.1 Å². The number of nitrogens with one attached hydrogen (secondary N) is 1. The molecule has 0 aliphatic heterocycles. The molecule has 0 saturated heterocycles. The molecule has 0 aromatic carbocycles. The molecule has 0 fully saturated rings. The van der Waals surface area contributed by atoms with Crippen LogP contribution in [-0.2, 0) is 21.4 Å². The van der Waals surface area contributed by atoms with Crippen molar-refractivity contribution in [1.29, 1.82) is 0 Å². The Morgan fingerprint density at radius 1 is 1.50 bits per heavy atom. The molecule has 18 heavy (non-hydrogen) atoms. The van der Waals surface area contributed by atoms with E-state index in [2.05, 4.69) is 5.32 Å². The molecule has 0 saturated carbocycles. The van der Waals surface area contributed by atoms with E-state index >= 15 is 0 Å². The van der Waals surface area contributed by atoms with Gasteiger partial charge in [-0.05, 0) is 18.6 Å². The number of rotatable bonds is 7. The van der Waals surface area contributed by atoms with Crippen LogP contribution >= 0.6 is 0 Å².